The Morgan fingerprint density at radius 1 is 1.18 bits per heavy atom. The van der Waals surface area contributed by atoms with Gasteiger partial charge in [0.2, 0.25) is 0 Å². The lowest BCUT2D eigenvalue weighted by atomic mass is 9.90. The van der Waals surface area contributed by atoms with E-state index in [0.717, 1.165) is 36.1 Å². The van der Waals surface area contributed by atoms with Crippen LogP contribution in [0.15, 0.2) is 34.9 Å². The molecule has 0 saturated heterocycles. The van der Waals surface area contributed by atoms with Crippen LogP contribution in [0, 0.1) is 11.3 Å². The SMILES string of the molecule is CC(C1CC1)n1nc(-c2ccc(CC(=O)Cc3cc(CC(C)(C)C)no3)cc2)c(C(N)=O)c1N. The number of hydrogen-bond acceptors (Lipinski definition) is 6. The van der Waals surface area contributed by atoms with Crippen molar-refractivity contribution in [1.82, 2.24) is 14.9 Å². The number of nitrogens with two attached hydrogens (primary N) is 2. The first-order valence-electron chi connectivity index (χ1n) is 11.7. The summed E-state index contributed by atoms with van der Waals surface area (Å²) in [5, 5.41) is 8.72. The maximum Gasteiger partial charge on any atom is 0.254 e. The predicted octanol–water partition coefficient (Wildman–Crippen LogP) is 4.13. The van der Waals surface area contributed by atoms with Crippen LogP contribution in [0.25, 0.3) is 11.3 Å². The minimum Gasteiger partial charge on any atom is -0.383 e. The Bertz CT molecular complexity index is 1200. The van der Waals surface area contributed by atoms with E-state index in [1.807, 2.05) is 30.3 Å². The molecule has 1 aliphatic carbocycles. The first-order chi connectivity index (χ1) is 16.0. The summed E-state index contributed by atoms with van der Waals surface area (Å²) >= 11 is 0. The third kappa shape index (κ3) is 5.38. The van der Waals surface area contributed by atoms with Crippen LogP contribution in [-0.4, -0.2) is 26.6 Å². The number of carbonyl (C=O) groups excluding carboxylic acids is 2. The minimum atomic E-state index is -0.598. The number of Topliss-reactive ketones (excluding diaryl/α,β-unsaturated/α-hetero) is 1. The number of nitrogen functional groups attached to an aromatic ring is 1. The molecular formula is C26H33N5O3. The quantitative estimate of drug-likeness (QED) is 0.491. The molecule has 1 unspecified atom stereocenters. The highest BCUT2D eigenvalue weighted by atomic mass is 16.5. The Hall–Kier alpha value is -3.42. The fourth-order valence-electron chi connectivity index (χ4n) is 4.31. The molecule has 34 heavy (non-hydrogen) atoms. The fourth-order valence-corrected chi connectivity index (χ4v) is 4.31. The van der Waals surface area contributed by atoms with Gasteiger partial charge in [-0.15, -0.1) is 0 Å². The van der Waals surface area contributed by atoms with Crippen molar-refractivity contribution >= 4 is 17.5 Å². The summed E-state index contributed by atoms with van der Waals surface area (Å²) in [5.41, 5.74) is 15.2. The highest BCUT2D eigenvalue weighted by Gasteiger charge is 2.33. The molecule has 1 aliphatic rings. The number of ketones is 1. The summed E-state index contributed by atoms with van der Waals surface area (Å²) in [4.78, 5) is 24.7. The van der Waals surface area contributed by atoms with E-state index in [-0.39, 0.29) is 35.6 Å². The number of rotatable bonds is 9. The molecule has 1 amide bonds. The Kier molecular flexibility index (Phi) is 6.34. The molecule has 4 N–H and O–H groups in total. The third-order valence-corrected chi connectivity index (χ3v) is 6.20. The zero-order chi connectivity index (χ0) is 24.6. The van der Waals surface area contributed by atoms with E-state index < -0.39 is 5.91 Å². The number of aromatic nitrogens is 3. The van der Waals surface area contributed by atoms with Gasteiger partial charge in [0.05, 0.1) is 18.2 Å². The Labute approximate surface area is 199 Å². The summed E-state index contributed by atoms with van der Waals surface area (Å²) in [7, 11) is 0. The third-order valence-electron chi connectivity index (χ3n) is 6.20. The average molecular weight is 464 g/mol. The van der Waals surface area contributed by atoms with Crippen LogP contribution in [0.2, 0.25) is 0 Å². The van der Waals surface area contributed by atoms with Crippen LogP contribution in [-0.2, 0) is 24.1 Å². The number of hydrogen-bond donors (Lipinski definition) is 2. The largest absolute Gasteiger partial charge is 0.383 e. The van der Waals surface area contributed by atoms with Crippen LogP contribution >= 0.6 is 0 Å². The maximum atomic E-state index is 12.6. The number of nitrogens with zero attached hydrogens (tertiary/aromatic N) is 3. The van der Waals surface area contributed by atoms with E-state index in [4.69, 9.17) is 16.0 Å². The van der Waals surface area contributed by atoms with Gasteiger partial charge in [0.1, 0.15) is 28.6 Å². The van der Waals surface area contributed by atoms with Gasteiger partial charge in [0.15, 0.2) is 0 Å². The molecule has 1 aromatic carbocycles. The summed E-state index contributed by atoms with van der Waals surface area (Å²) in [6.07, 6.45) is 3.53. The molecule has 0 spiro atoms. The van der Waals surface area contributed by atoms with Crippen LogP contribution in [0.4, 0.5) is 5.82 Å². The van der Waals surface area contributed by atoms with E-state index in [1.165, 1.54) is 0 Å². The zero-order valence-electron chi connectivity index (χ0n) is 20.3. The second-order valence-electron chi connectivity index (χ2n) is 10.6. The number of amides is 1. The molecule has 2 aromatic heterocycles. The maximum absolute atomic E-state index is 12.6. The lowest BCUT2D eigenvalue weighted by molar-refractivity contribution is -0.118. The molecular weight excluding hydrogens is 430 g/mol. The second kappa shape index (κ2) is 9.08. The van der Waals surface area contributed by atoms with Gasteiger partial charge in [-0.25, -0.2) is 4.68 Å². The summed E-state index contributed by atoms with van der Waals surface area (Å²) in [6, 6.07) is 9.40. The standard InChI is InChI=1S/C26H33N5O3/c1-15(17-9-10-17)31-24(27)22(25(28)33)23(29-31)18-7-5-16(6-8-18)11-20(32)13-21-12-19(30-34-21)14-26(2,3)4/h5-8,12,15,17H,9-11,13-14,27H2,1-4H3,(H2,28,33). The highest BCUT2D eigenvalue weighted by Crippen LogP contribution is 2.41. The van der Waals surface area contributed by atoms with Crippen molar-refractivity contribution in [1.29, 1.82) is 0 Å². The highest BCUT2D eigenvalue weighted by molar-refractivity contribution is 6.03. The van der Waals surface area contributed by atoms with E-state index in [9.17, 15) is 9.59 Å². The topological polar surface area (TPSA) is 130 Å². The lowest BCUT2D eigenvalue weighted by Crippen LogP contribution is -2.16. The monoisotopic (exact) mass is 463 g/mol. The predicted molar refractivity (Wildman–Crippen MR) is 130 cm³/mol. The first-order valence-corrected chi connectivity index (χ1v) is 11.7. The Morgan fingerprint density at radius 2 is 1.85 bits per heavy atom. The molecule has 1 saturated carbocycles. The van der Waals surface area contributed by atoms with Gasteiger partial charge in [0, 0.05) is 18.1 Å². The molecule has 0 bridgehead atoms. The second-order valence-corrected chi connectivity index (χ2v) is 10.6. The molecule has 0 radical (unpaired) electrons. The Balaban J connectivity index is 1.46. The van der Waals surface area contributed by atoms with Crippen molar-refractivity contribution in [2.75, 3.05) is 5.73 Å². The molecule has 1 atom stereocenters. The lowest BCUT2D eigenvalue weighted by Gasteiger charge is -2.14. The minimum absolute atomic E-state index is 0.0378. The average Bonchev–Trinajstić information content (AvgIpc) is 3.42. The Morgan fingerprint density at radius 3 is 2.44 bits per heavy atom. The van der Waals surface area contributed by atoms with Crippen molar-refractivity contribution in [3.05, 3.63) is 52.9 Å². The first kappa shape index (κ1) is 23.7. The number of benzene rings is 1. The molecule has 0 aliphatic heterocycles. The van der Waals surface area contributed by atoms with Crippen LogP contribution in [0.1, 0.15) is 74.0 Å². The van der Waals surface area contributed by atoms with Crippen molar-refractivity contribution in [2.45, 2.75) is 65.8 Å². The summed E-state index contributed by atoms with van der Waals surface area (Å²) < 4.78 is 7.07. The molecule has 2 heterocycles. The van der Waals surface area contributed by atoms with Gasteiger partial charge in [0.25, 0.3) is 5.91 Å². The molecule has 4 rings (SSSR count). The zero-order valence-corrected chi connectivity index (χ0v) is 20.3. The molecule has 8 nitrogen and oxygen atoms in total. The van der Waals surface area contributed by atoms with E-state index in [1.54, 1.807) is 4.68 Å². The van der Waals surface area contributed by atoms with Gasteiger partial charge < -0.3 is 16.0 Å². The van der Waals surface area contributed by atoms with Gasteiger partial charge >= 0.3 is 0 Å². The fraction of sp³-hybridized carbons (Fsp3) is 0.462. The van der Waals surface area contributed by atoms with Crippen molar-refractivity contribution in [2.24, 2.45) is 17.1 Å². The van der Waals surface area contributed by atoms with Gasteiger partial charge in [-0.05, 0) is 43.1 Å². The number of primary amides is 1. The van der Waals surface area contributed by atoms with E-state index >= 15 is 0 Å². The molecule has 8 heteroatoms. The molecule has 3 aromatic rings. The summed E-state index contributed by atoms with van der Waals surface area (Å²) in [5.74, 6) is 0.851. The van der Waals surface area contributed by atoms with Crippen LogP contribution in [0.3, 0.4) is 0 Å². The van der Waals surface area contributed by atoms with Crippen LogP contribution in [0.5, 0.6) is 0 Å². The normalized spacial score (nSPS) is 14.8. The summed E-state index contributed by atoms with van der Waals surface area (Å²) in [6.45, 7) is 8.46. The van der Waals surface area contributed by atoms with E-state index in [0.29, 0.717) is 23.2 Å². The molecule has 1 fully saturated rings. The van der Waals surface area contributed by atoms with Crippen molar-refractivity contribution < 1.29 is 14.1 Å². The van der Waals surface area contributed by atoms with Crippen molar-refractivity contribution in [3.63, 3.8) is 0 Å². The van der Waals surface area contributed by atoms with Crippen LogP contribution < -0.4 is 11.5 Å². The number of carbonyl (C=O) groups is 2. The van der Waals surface area contributed by atoms with E-state index in [2.05, 4.69) is 38.0 Å². The van der Waals surface area contributed by atoms with Gasteiger partial charge in [-0.1, -0.05) is 50.2 Å². The molecule has 180 valence electrons. The number of anilines is 1. The smallest absolute Gasteiger partial charge is 0.254 e. The van der Waals surface area contributed by atoms with Crippen molar-refractivity contribution in [3.8, 4) is 11.3 Å². The van der Waals surface area contributed by atoms with Gasteiger partial charge in [-0.2, -0.15) is 5.10 Å². The van der Waals surface area contributed by atoms with Gasteiger partial charge in [-0.3, -0.25) is 9.59 Å².